The zero-order chi connectivity index (χ0) is 13.0. The Morgan fingerprint density at radius 2 is 2.22 bits per heavy atom. The van der Waals surface area contributed by atoms with Gasteiger partial charge in [-0.15, -0.1) is 0 Å². The summed E-state index contributed by atoms with van der Waals surface area (Å²) >= 11 is 0.953. The van der Waals surface area contributed by atoms with Crippen molar-refractivity contribution in [2.45, 2.75) is 6.42 Å². The summed E-state index contributed by atoms with van der Waals surface area (Å²) in [5.74, 6) is 0.393. The van der Waals surface area contributed by atoms with Gasteiger partial charge in [0, 0.05) is 6.42 Å². The van der Waals surface area contributed by atoms with Crippen LogP contribution in [0.15, 0.2) is 29.1 Å². The predicted molar refractivity (Wildman–Crippen MR) is 67.0 cm³/mol. The average Bonchev–Trinajstić information content (AvgIpc) is 2.68. The summed E-state index contributed by atoms with van der Waals surface area (Å²) in [5.41, 5.74) is 0.462. The van der Waals surface area contributed by atoms with E-state index in [4.69, 9.17) is 10.00 Å². The molecule has 18 heavy (non-hydrogen) atoms. The van der Waals surface area contributed by atoms with Gasteiger partial charge in [0.2, 0.25) is 5.88 Å². The molecule has 0 bridgehead atoms. The Morgan fingerprint density at radius 3 is 2.89 bits per heavy atom. The van der Waals surface area contributed by atoms with Crippen LogP contribution in [0.1, 0.15) is 10.4 Å². The van der Waals surface area contributed by atoms with Crippen molar-refractivity contribution in [2.75, 3.05) is 6.61 Å². The first-order valence-electron chi connectivity index (χ1n) is 5.23. The number of thiazole rings is 1. The Bertz CT molecular complexity index is 639. The number of ether oxygens (including phenoxy) is 1. The Kier molecular flexibility index (Phi) is 3.65. The third-order valence-corrected chi connectivity index (χ3v) is 3.23. The molecule has 0 spiro atoms. The van der Waals surface area contributed by atoms with E-state index in [1.807, 2.05) is 6.07 Å². The van der Waals surface area contributed by atoms with Crippen molar-refractivity contribution in [1.82, 2.24) is 4.98 Å². The highest BCUT2D eigenvalue weighted by Crippen LogP contribution is 2.19. The van der Waals surface area contributed by atoms with Crippen LogP contribution in [0, 0.1) is 11.3 Å². The van der Waals surface area contributed by atoms with Crippen molar-refractivity contribution in [3.8, 4) is 17.7 Å². The van der Waals surface area contributed by atoms with Crippen LogP contribution < -0.4 is 9.61 Å². The lowest BCUT2D eigenvalue weighted by molar-refractivity contribution is 0.319. The van der Waals surface area contributed by atoms with Crippen LogP contribution in [0.25, 0.3) is 0 Å². The number of hydrogen-bond acceptors (Lipinski definition) is 5. The first-order valence-corrected chi connectivity index (χ1v) is 6.05. The monoisotopic (exact) mass is 262 g/mol. The fraction of sp³-hybridized carbons (Fsp3) is 0.167. The summed E-state index contributed by atoms with van der Waals surface area (Å²) in [7, 11) is 0. The van der Waals surface area contributed by atoms with E-state index < -0.39 is 0 Å². The van der Waals surface area contributed by atoms with E-state index in [2.05, 4.69) is 4.98 Å². The van der Waals surface area contributed by atoms with Crippen LogP contribution in [0.3, 0.4) is 0 Å². The quantitative estimate of drug-likeness (QED) is 0.877. The molecule has 0 saturated heterocycles. The van der Waals surface area contributed by atoms with Crippen LogP contribution in [0.5, 0.6) is 11.6 Å². The second-order valence-corrected chi connectivity index (χ2v) is 4.56. The van der Waals surface area contributed by atoms with Crippen LogP contribution >= 0.6 is 11.3 Å². The topological polar surface area (TPSA) is 86.1 Å². The molecule has 0 fully saturated rings. The molecule has 0 aliphatic rings. The van der Waals surface area contributed by atoms with E-state index in [1.165, 1.54) is 0 Å². The second kappa shape index (κ2) is 5.38. The summed E-state index contributed by atoms with van der Waals surface area (Å²) in [6, 6.07) is 8.95. The molecule has 0 atom stereocenters. The molecule has 2 N–H and O–H groups in total. The second-order valence-electron chi connectivity index (χ2n) is 3.49. The Labute approximate surface area is 107 Å². The van der Waals surface area contributed by atoms with E-state index >= 15 is 0 Å². The van der Waals surface area contributed by atoms with Crippen molar-refractivity contribution >= 4 is 11.3 Å². The number of aromatic amines is 1. The smallest absolute Gasteiger partial charge is 0.307 e. The standard InChI is InChI=1S/C12H10N2O3S/c13-7-8-3-1-2-4-9(8)17-6-5-10-11(15)14-12(16)18-10/h1-4,15H,5-6H2,(H,14,16). The van der Waals surface area contributed by atoms with E-state index in [-0.39, 0.29) is 10.8 Å². The lowest BCUT2D eigenvalue weighted by Crippen LogP contribution is -2.01. The normalized spacial score (nSPS) is 9.94. The molecular weight excluding hydrogens is 252 g/mol. The van der Waals surface area contributed by atoms with Crippen LogP contribution in [0.4, 0.5) is 0 Å². The van der Waals surface area contributed by atoms with Crippen molar-refractivity contribution in [2.24, 2.45) is 0 Å². The molecular formula is C12H10N2O3S. The molecule has 0 aliphatic heterocycles. The molecule has 2 rings (SSSR count). The van der Waals surface area contributed by atoms with E-state index in [0.29, 0.717) is 29.2 Å². The van der Waals surface area contributed by atoms with E-state index in [1.54, 1.807) is 24.3 Å². The number of H-pyrrole nitrogens is 1. The zero-order valence-electron chi connectivity index (χ0n) is 9.34. The van der Waals surface area contributed by atoms with Gasteiger partial charge in [0.15, 0.2) is 0 Å². The maximum Gasteiger partial charge on any atom is 0.307 e. The number of nitrogens with one attached hydrogen (secondary N) is 1. The highest BCUT2D eigenvalue weighted by atomic mass is 32.1. The van der Waals surface area contributed by atoms with Crippen LogP contribution in [-0.2, 0) is 6.42 Å². The van der Waals surface area contributed by atoms with Gasteiger partial charge in [0.05, 0.1) is 17.0 Å². The molecule has 0 aliphatic carbocycles. The molecule has 5 nitrogen and oxygen atoms in total. The Hall–Kier alpha value is -2.26. The summed E-state index contributed by atoms with van der Waals surface area (Å²) in [4.78, 5) is 13.5. The molecule has 6 heteroatoms. The largest absolute Gasteiger partial charge is 0.494 e. The van der Waals surface area contributed by atoms with E-state index in [9.17, 15) is 9.90 Å². The molecule has 1 heterocycles. The molecule has 0 amide bonds. The van der Waals surface area contributed by atoms with Gasteiger partial charge >= 0.3 is 4.87 Å². The Balaban J connectivity index is 1.99. The molecule has 0 saturated carbocycles. The van der Waals surface area contributed by atoms with Gasteiger partial charge in [-0.2, -0.15) is 5.26 Å². The number of nitrogens with zero attached hydrogens (tertiary/aromatic N) is 1. The number of rotatable bonds is 4. The predicted octanol–water partition coefficient (Wildman–Crippen LogP) is 1.64. The summed E-state index contributed by atoms with van der Waals surface area (Å²) in [6.07, 6.45) is 0.412. The third-order valence-electron chi connectivity index (χ3n) is 2.29. The number of aromatic nitrogens is 1. The van der Waals surface area contributed by atoms with Gasteiger partial charge in [-0.05, 0) is 12.1 Å². The number of nitriles is 1. The van der Waals surface area contributed by atoms with Crippen molar-refractivity contribution < 1.29 is 9.84 Å². The van der Waals surface area contributed by atoms with Gasteiger partial charge in [-0.1, -0.05) is 23.5 Å². The van der Waals surface area contributed by atoms with Gasteiger partial charge < -0.3 is 9.84 Å². The van der Waals surface area contributed by atoms with Crippen LogP contribution in [-0.4, -0.2) is 16.7 Å². The molecule has 2 aromatic rings. The minimum Gasteiger partial charge on any atom is -0.494 e. The van der Waals surface area contributed by atoms with Crippen molar-refractivity contribution in [3.63, 3.8) is 0 Å². The third kappa shape index (κ3) is 2.70. The van der Waals surface area contributed by atoms with Crippen molar-refractivity contribution in [3.05, 3.63) is 44.4 Å². The highest BCUT2D eigenvalue weighted by Gasteiger charge is 2.07. The first kappa shape index (κ1) is 12.2. The van der Waals surface area contributed by atoms with E-state index in [0.717, 1.165) is 11.3 Å². The van der Waals surface area contributed by atoms with Gasteiger partial charge in [-0.25, -0.2) is 0 Å². The number of para-hydroxylation sites is 1. The van der Waals surface area contributed by atoms with Crippen LogP contribution in [0.2, 0.25) is 0 Å². The lowest BCUT2D eigenvalue weighted by atomic mass is 10.2. The molecule has 0 unspecified atom stereocenters. The SMILES string of the molecule is N#Cc1ccccc1OCCc1sc(=O)[nH]c1O. The van der Waals surface area contributed by atoms with Gasteiger partial charge in [-0.3, -0.25) is 9.78 Å². The maximum absolute atomic E-state index is 11.0. The zero-order valence-corrected chi connectivity index (χ0v) is 10.2. The number of hydrogen-bond donors (Lipinski definition) is 2. The summed E-state index contributed by atoms with van der Waals surface area (Å²) in [5, 5.41) is 18.2. The molecule has 1 aromatic heterocycles. The minimum atomic E-state index is -0.292. The number of aromatic hydroxyl groups is 1. The lowest BCUT2D eigenvalue weighted by Gasteiger charge is -2.06. The minimum absolute atomic E-state index is 0.109. The summed E-state index contributed by atoms with van der Waals surface area (Å²) in [6.45, 7) is 0.292. The Morgan fingerprint density at radius 1 is 1.44 bits per heavy atom. The molecule has 92 valence electrons. The molecule has 1 aromatic carbocycles. The fourth-order valence-corrected chi connectivity index (χ4v) is 2.16. The van der Waals surface area contributed by atoms with Gasteiger partial charge in [0.25, 0.3) is 0 Å². The average molecular weight is 262 g/mol. The summed E-state index contributed by atoms with van der Waals surface area (Å²) < 4.78 is 5.45. The fourth-order valence-electron chi connectivity index (χ4n) is 1.46. The number of benzene rings is 1. The van der Waals surface area contributed by atoms with Gasteiger partial charge in [0.1, 0.15) is 11.8 Å². The van der Waals surface area contributed by atoms with Crippen molar-refractivity contribution in [1.29, 1.82) is 5.26 Å². The molecule has 0 radical (unpaired) electrons. The first-order chi connectivity index (χ1) is 8.70. The highest BCUT2D eigenvalue weighted by molar-refractivity contribution is 7.09. The maximum atomic E-state index is 11.0.